The molecule has 0 fully saturated rings. The molecule has 18 heavy (non-hydrogen) atoms. The van der Waals surface area contributed by atoms with E-state index in [1.165, 1.54) is 19.2 Å². The Labute approximate surface area is 101 Å². The van der Waals surface area contributed by atoms with E-state index in [4.69, 9.17) is 5.73 Å². The Kier molecular flexibility index (Phi) is 4.55. The van der Waals surface area contributed by atoms with E-state index < -0.39 is 18.4 Å². The highest BCUT2D eigenvalue weighted by atomic mass is 19.4. The molecule has 7 heteroatoms. The number of hydrogen-bond acceptors (Lipinski definition) is 4. The van der Waals surface area contributed by atoms with Gasteiger partial charge < -0.3 is 15.2 Å². The van der Waals surface area contributed by atoms with Crippen LogP contribution in [0.1, 0.15) is 18.0 Å². The summed E-state index contributed by atoms with van der Waals surface area (Å²) in [7, 11) is 1.23. The number of halogens is 3. The van der Waals surface area contributed by atoms with Crippen molar-refractivity contribution in [2.75, 3.05) is 7.11 Å². The minimum absolute atomic E-state index is 0.0457. The molecular formula is C11H12F3NO3. The monoisotopic (exact) mass is 263 g/mol. The second kappa shape index (κ2) is 5.72. The van der Waals surface area contributed by atoms with Crippen LogP contribution in [0.25, 0.3) is 0 Å². The lowest BCUT2D eigenvalue weighted by atomic mass is 10.0. The molecule has 0 saturated heterocycles. The number of hydrogen-bond donors (Lipinski definition) is 1. The van der Waals surface area contributed by atoms with Gasteiger partial charge in [0.25, 0.3) is 0 Å². The lowest BCUT2D eigenvalue weighted by Gasteiger charge is -2.12. The quantitative estimate of drug-likeness (QED) is 0.845. The van der Waals surface area contributed by atoms with Gasteiger partial charge in [-0.15, -0.1) is 13.2 Å². The molecule has 0 aliphatic rings. The van der Waals surface area contributed by atoms with Gasteiger partial charge in [0.1, 0.15) is 5.75 Å². The van der Waals surface area contributed by atoms with Crippen LogP contribution in [0.2, 0.25) is 0 Å². The SMILES string of the molecule is COC(=O)C[C@@H](N)c1ccc(OC(F)(F)F)cc1. The molecule has 0 aliphatic carbocycles. The smallest absolute Gasteiger partial charge is 0.469 e. The van der Waals surface area contributed by atoms with Gasteiger partial charge in [0.05, 0.1) is 13.5 Å². The first-order valence-corrected chi connectivity index (χ1v) is 5.00. The van der Waals surface area contributed by atoms with E-state index in [0.717, 1.165) is 12.1 Å². The van der Waals surface area contributed by atoms with Crippen LogP contribution in [-0.2, 0) is 9.53 Å². The predicted octanol–water partition coefficient (Wildman–Crippen LogP) is 2.15. The van der Waals surface area contributed by atoms with Crippen LogP contribution < -0.4 is 10.5 Å². The van der Waals surface area contributed by atoms with Gasteiger partial charge in [-0.2, -0.15) is 0 Å². The van der Waals surface area contributed by atoms with E-state index in [1.807, 2.05) is 0 Å². The number of ether oxygens (including phenoxy) is 2. The summed E-state index contributed by atoms with van der Waals surface area (Å²) >= 11 is 0. The molecule has 1 aromatic rings. The highest BCUT2D eigenvalue weighted by molar-refractivity contribution is 5.70. The van der Waals surface area contributed by atoms with Gasteiger partial charge in [-0.05, 0) is 17.7 Å². The van der Waals surface area contributed by atoms with Gasteiger partial charge in [-0.25, -0.2) is 0 Å². The number of methoxy groups -OCH3 is 1. The van der Waals surface area contributed by atoms with Gasteiger partial charge in [0.15, 0.2) is 0 Å². The predicted molar refractivity (Wildman–Crippen MR) is 56.7 cm³/mol. The Morgan fingerprint density at radius 1 is 1.33 bits per heavy atom. The van der Waals surface area contributed by atoms with E-state index in [9.17, 15) is 18.0 Å². The summed E-state index contributed by atoms with van der Waals surface area (Å²) in [4.78, 5) is 11.0. The largest absolute Gasteiger partial charge is 0.573 e. The third-order valence-corrected chi connectivity index (χ3v) is 2.16. The summed E-state index contributed by atoms with van der Waals surface area (Å²) in [5.74, 6) is -0.824. The van der Waals surface area contributed by atoms with Crippen LogP contribution in [0.3, 0.4) is 0 Å². The summed E-state index contributed by atoms with van der Waals surface area (Å²) in [5.41, 5.74) is 6.21. The maximum atomic E-state index is 11.9. The molecule has 0 aliphatic heterocycles. The molecule has 0 radical (unpaired) electrons. The van der Waals surface area contributed by atoms with Crippen LogP contribution in [0.15, 0.2) is 24.3 Å². The second-order valence-electron chi connectivity index (χ2n) is 3.50. The number of carbonyl (C=O) groups is 1. The molecule has 0 unspecified atom stereocenters. The molecule has 0 spiro atoms. The fraction of sp³-hybridized carbons (Fsp3) is 0.364. The van der Waals surface area contributed by atoms with E-state index in [0.29, 0.717) is 5.56 Å². The Balaban J connectivity index is 2.67. The molecule has 100 valence electrons. The molecule has 4 nitrogen and oxygen atoms in total. The number of alkyl halides is 3. The highest BCUT2D eigenvalue weighted by Crippen LogP contribution is 2.24. The van der Waals surface area contributed by atoms with Crippen molar-refractivity contribution in [3.8, 4) is 5.75 Å². The summed E-state index contributed by atoms with van der Waals surface area (Å²) in [6.45, 7) is 0. The molecule has 0 aromatic heterocycles. The molecule has 0 saturated carbocycles. The third kappa shape index (κ3) is 4.62. The van der Waals surface area contributed by atoms with Gasteiger partial charge in [-0.3, -0.25) is 4.79 Å². The van der Waals surface area contributed by atoms with Crippen molar-refractivity contribution in [3.05, 3.63) is 29.8 Å². The van der Waals surface area contributed by atoms with Crippen molar-refractivity contribution in [1.29, 1.82) is 0 Å². The van der Waals surface area contributed by atoms with Crippen LogP contribution in [-0.4, -0.2) is 19.4 Å². The zero-order chi connectivity index (χ0) is 13.8. The molecule has 1 atom stereocenters. The molecule has 2 N–H and O–H groups in total. The zero-order valence-electron chi connectivity index (χ0n) is 9.53. The van der Waals surface area contributed by atoms with E-state index in [1.54, 1.807) is 0 Å². The molecule has 1 rings (SSSR count). The van der Waals surface area contributed by atoms with Crippen LogP contribution >= 0.6 is 0 Å². The van der Waals surface area contributed by atoms with Crippen LogP contribution in [0, 0.1) is 0 Å². The minimum Gasteiger partial charge on any atom is -0.469 e. The van der Waals surface area contributed by atoms with Crippen LogP contribution in [0.4, 0.5) is 13.2 Å². The van der Waals surface area contributed by atoms with Crippen molar-refractivity contribution < 1.29 is 27.4 Å². The topological polar surface area (TPSA) is 61.5 Å². The Bertz CT molecular complexity index is 403. The number of rotatable bonds is 4. The molecule has 0 bridgehead atoms. The number of nitrogens with two attached hydrogens (primary N) is 1. The average Bonchev–Trinajstić information content (AvgIpc) is 2.27. The number of carbonyl (C=O) groups excluding carboxylic acids is 1. The Morgan fingerprint density at radius 2 is 1.89 bits per heavy atom. The maximum Gasteiger partial charge on any atom is 0.573 e. The Hall–Kier alpha value is -1.76. The summed E-state index contributed by atoms with van der Waals surface area (Å²) in [6, 6.07) is 4.39. The van der Waals surface area contributed by atoms with Gasteiger partial charge >= 0.3 is 12.3 Å². The number of benzene rings is 1. The van der Waals surface area contributed by atoms with Crippen molar-refractivity contribution in [2.24, 2.45) is 5.73 Å². The molecule has 0 amide bonds. The first kappa shape index (κ1) is 14.3. The molecule has 0 heterocycles. The summed E-state index contributed by atoms with van der Waals surface area (Å²) in [5, 5.41) is 0. The fourth-order valence-electron chi connectivity index (χ4n) is 1.30. The third-order valence-electron chi connectivity index (χ3n) is 2.16. The number of esters is 1. The van der Waals surface area contributed by atoms with Gasteiger partial charge in [0, 0.05) is 6.04 Å². The first-order chi connectivity index (χ1) is 8.31. The average molecular weight is 263 g/mol. The molecular weight excluding hydrogens is 251 g/mol. The van der Waals surface area contributed by atoms with Crippen LogP contribution in [0.5, 0.6) is 5.75 Å². The van der Waals surface area contributed by atoms with E-state index in [2.05, 4.69) is 9.47 Å². The summed E-state index contributed by atoms with van der Waals surface area (Å²) < 4.78 is 43.9. The summed E-state index contributed by atoms with van der Waals surface area (Å²) in [6.07, 6.45) is -4.77. The maximum absolute atomic E-state index is 11.9. The first-order valence-electron chi connectivity index (χ1n) is 5.00. The zero-order valence-corrected chi connectivity index (χ0v) is 9.53. The highest BCUT2D eigenvalue weighted by Gasteiger charge is 2.31. The Morgan fingerprint density at radius 3 is 2.33 bits per heavy atom. The minimum atomic E-state index is -4.73. The molecule has 1 aromatic carbocycles. The van der Waals surface area contributed by atoms with Crippen molar-refractivity contribution in [1.82, 2.24) is 0 Å². The lowest BCUT2D eigenvalue weighted by Crippen LogP contribution is -2.18. The van der Waals surface area contributed by atoms with Crippen molar-refractivity contribution >= 4 is 5.97 Å². The standard InChI is InChI=1S/C11H12F3NO3/c1-17-10(16)6-9(15)7-2-4-8(5-3-7)18-11(12,13)14/h2-5,9H,6,15H2,1H3/t9-/m1/s1. The second-order valence-corrected chi connectivity index (χ2v) is 3.50. The van der Waals surface area contributed by atoms with Crippen molar-refractivity contribution in [2.45, 2.75) is 18.8 Å². The fourth-order valence-corrected chi connectivity index (χ4v) is 1.30. The van der Waals surface area contributed by atoms with Gasteiger partial charge in [-0.1, -0.05) is 12.1 Å². The van der Waals surface area contributed by atoms with Gasteiger partial charge in [0.2, 0.25) is 0 Å². The normalized spacial score (nSPS) is 12.9. The van der Waals surface area contributed by atoms with Crippen molar-refractivity contribution in [3.63, 3.8) is 0 Å². The lowest BCUT2D eigenvalue weighted by molar-refractivity contribution is -0.274. The van der Waals surface area contributed by atoms with E-state index in [-0.39, 0.29) is 12.2 Å². The van der Waals surface area contributed by atoms with E-state index >= 15 is 0 Å².